The monoisotopic (exact) mass is 601 g/mol. The maximum absolute atomic E-state index is 13.0. The molecule has 1 saturated carbocycles. The van der Waals surface area contributed by atoms with Crippen molar-refractivity contribution in [1.82, 2.24) is 10.6 Å². The number of benzene rings is 2. The van der Waals surface area contributed by atoms with Gasteiger partial charge in [0, 0.05) is 28.9 Å². The molecule has 0 spiro atoms. The van der Waals surface area contributed by atoms with Crippen molar-refractivity contribution in [3.05, 3.63) is 64.1 Å². The van der Waals surface area contributed by atoms with Crippen molar-refractivity contribution >= 4 is 33.9 Å². The SMILES string of the molecule is CC(C)CCNC(=O)[C@H](Cc1ccc(OC(=O)OCc2ccccc2Br)cc1)NC(=O)C1CCC(CN)CC1. The van der Waals surface area contributed by atoms with Gasteiger partial charge in [0.25, 0.3) is 0 Å². The molecule has 1 fully saturated rings. The number of nitrogens with one attached hydrogen (secondary N) is 2. The number of ether oxygens (including phenoxy) is 2. The second-order valence-electron chi connectivity index (χ2n) is 10.6. The quantitative estimate of drug-likeness (QED) is 0.229. The van der Waals surface area contributed by atoms with Crippen LogP contribution < -0.4 is 21.1 Å². The topological polar surface area (TPSA) is 120 Å². The minimum atomic E-state index is -0.808. The molecule has 3 rings (SSSR count). The maximum Gasteiger partial charge on any atom is 0.514 e. The molecule has 2 aromatic rings. The summed E-state index contributed by atoms with van der Waals surface area (Å²) in [4.78, 5) is 38.2. The molecule has 2 aromatic carbocycles. The summed E-state index contributed by atoms with van der Waals surface area (Å²) in [5.74, 6) is 0.886. The average molecular weight is 603 g/mol. The molecule has 1 atom stereocenters. The van der Waals surface area contributed by atoms with Crippen LogP contribution in [0.3, 0.4) is 0 Å². The van der Waals surface area contributed by atoms with E-state index in [1.54, 1.807) is 24.3 Å². The van der Waals surface area contributed by atoms with Crippen molar-refractivity contribution in [1.29, 1.82) is 0 Å². The van der Waals surface area contributed by atoms with Crippen LogP contribution in [0.1, 0.15) is 57.1 Å². The van der Waals surface area contributed by atoms with Crippen LogP contribution in [0.25, 0.3) is 0 Å². The summed E-state index contributed by atoms with van der Waals surface area (Å²) in [5.41, 5.74) is 7.45. The second-order valence-corrected chi connectivity index (χ2v) is 11.4. The van der Waals surface area contributed by atoms with Gasteiger partial charge >= 0.3 is 6.16 Å². The third-order valence-electron chi connectivity index (χ3n) is 7.07. The summed E-state index contributed by atoms with van der Waals surface area (Å²) in [6, 6.07) is 13.6. The van der Waals surface area contributed by atoms with Gasteiger partial charge in [0.2, 0.25) is 11.8 Å². The lowest BCUT2D eigenvalue weighted by Crippen LogP contribution is -2.50. The van der Waals surface area contributed by atoms with Crippen molar-refractivity contribution in [2.24, 2.45) is 23.5 Å². The number of nitrogens with two attached hydrogens (primary N) is 1. The van der Waals surface area contributed by atoms with Gasteiger partial charge in [-0.05, 0) is 74.2 Å². The first-order valence-corrected chi connectivity index (χ1v) is 14.5. The zero-order chi connectivity index (χ0) is 28.2. The molecule has 2 amide bonds. The molecule has 0 bridgehead atoms. The van der Waals surface area contributed by atoms with Crippen LogP contribution in [0.4, 0.5) is 4.79 Å². The largest absolute Gasteiger partial charge is 0.514 e. The Labute approximate surface area is 239 Å². The van der Waals surface area contributed by atoms with E-state index in [9.17, 15) is 14.4 Å². The molecular weight excluding hydrogens is 562 g/mol. The van der Waals surface area contributed by atoms with E-state index in [0.717, 1.165) is 47.7 Å². The first-order chi connectivity index (χ1) is 18.7. The molecule has 0 aliphatic heterocycles. The highest BCUT2D eigenvalue weighted by molar-refractivity contribution is 9.10. The number of amides is 2. The molecule has 0 heterocycles. The number of rotatable bonds is 12. The summed E-state index contributed by atoms with van der Waals surface area (Å²) >= 11 is 3.42. The van der Waals surface area contributed by atoms with Gasteiger partial charge in [0.15, 0.2) is 0 Å². The first kappa shape index (κ1) is 30.6. The predicted molar refractivity (Wildman–Crippen MR) is 154 cm³/mol. The van der Waals surface area contributed by atoms with Crippen LogP contribution in [0.2, 0.25) is 0 Å². The minimum Gasteiger partial charge on any atom is -0.429 e. The lowest BCUT2D eigenvalue weighted by molar-refractivity contribution is -0.131. The fourth-order valence-corrected chi connectivity index (χ4v) is 4.97. The average Bonchev–Trinajstić information content (AvgIpc) is 2.93. The lowest BCUT2D eigenvalue weighted by Gasteiger charge is -2.28. The van der Waals surface area contributed by atoms with Gasteiger partial charge in [-0.15, -0.1) is 0 Å². The van der Waals surface area contributed by atoms with Crippen LogP contribution in [0, 0.1) is 17.8 Å². The van der Waals surface area contributed by atoms with Gasteiger partial charge in [-0.3, -0.25) is 9.59 Å². The highest BCUT2D eigenvalue weighted by atomic mass is 79.9. The molecule has 0 unspecified atom stereocenters. The Bertz CT molecular complexity index is 1080. The summed E-state index contributed by atoms with van der Waals surface area (Å²) < 4.78 is 11.3. The van der Waals surface area contributed by atoms with E-state index in [-0.39, 0.29) is 24.3 Å². The van der Waals surface area contributed by atoms with Gasteiger partial charge < -0.3 is 25.8 Å². The van der Waals surface area contributed by atoms with Crippen LogP contribution >= 0.6 is 15.9 Å². The highest BCUT2D eigenvalue weighted by Crippen LogP contribution is 2.28. The molecule has 4 N–H and O–H groups in total. The Morgan fingerprint density at radius 3 is 2.36 bits per heavy atom. The summed E-state index contributed by atoms with van der Waals surface area (Å²) in [6.07, 6.45) is 3.83. The molecule has 212 valence electrons. The first-order valence-electron chi connectivity index (χ1n) is 13.7. The van der Waals surface area contributed by atoms with E-state index in [0.29, 0.717) is 37.1 Å². The lowest BCUT2D eigenvalue weighted by atomic mass is 9.81. The van der Waals surface area contributed by atoms with Crippen molar-refractivity contribution in [3.63, 3.8) is 0 Å². The predicted octanol–water partition coefficient (Wildman–Crippen LogP) is 5.12. The van der Waals surface area contributed by atoms with E-state index in [2.05, 4.69) is 40.4 Å². The molecule has 0 aromatic heterocycles. The Morgan fingerprint density at radius 1 is 1.03 bits per heavy atom. The summed E-state index contributed by atoms with van der Waals surface area (Å²) in [5, 5.41) is 5.97. The molecule has 1 aliphatic carbocycles. The van der Waals surface area contributed by atoms with Crippen molar-refractivity contribution in [3.8, 4) is 5.75 Å². The normalized spacial score (nSPS) is 17.8. The van der Waals surface area contributed by atoms with Gasteiger partial charge in [0.05, 0.1) is 0 Å². The Morgan fingerprint density at radius 2 is 1.72 bits per heavy atom. The Kier molecular flexibility index (Phi) is 12.3. The molecule has 8 nitrogen and oxygen atoms in total. The second kappa shape index (κ2) is 15.6. The molecule has 39 heavy (non-hydrogen) atoms. The van der Waals surface area contributed by atoms with Crippen LogP contribution in [-0.2, 0) is 27.4 Å². The maximum atomic E-state index is 13.0. The van der Waals surface area contributed by atoms with Gasteiger partial charge in [-0.1, -0.05) is 60.1 Å². The number of carbonyl (C=O) groups is 3. The smallest absolute Gasteiger partial charge is 0.429 e. The fourth-order valence-electron chi connectivity index (χ4n) is 4.57. The molecule has 9 heteroatoms. The summed E-state index contributed by atoms with van der Waals surface area (Å²) in [6.45, 7) is 5.49. The van der Waals surface area contributed by atoms with Gasteiger partial charge in [0.1, 0.15) is 18.4 Å². The van der Waals surface area contributed by atoms with E-state index >= 15 is 0 Å². The van der Waals surface area contributed by atoms with Gasteiger partial charge in [-0.25, -0.2) is 4.79 Å². The van der Waals surface area contributed by atoms with Gasteiger partial charge in [-0.2, -0.15) is 0 Å². The number of hydrogen-bond acceptors (Lipinski definition) is 6. The number of halogens is 1. The zero-order valence-electron chi connectivity index (χ0n) is 22.8. The fraction of sp³-hybridized carbons (Fsp3) is 0.500. The number of carbonyl (C=O) groups excluding carboxylic acids is 3. The molecule has 0 radical (unpaired) electrons. The van der Waals surface area contributed by atoms with E-state index in [1.165, 1.54) is 0 Å². The number of hydrogen-bond donors (Lipinski definition) is 3. The molecule has 0 saturated heterocycles. The standard InChI is InChI=1S/C30H40BrN3O5/c1-20(2)15-16-33-29(36)27(34-28(35)23-11-7-22(18-32)8-12-23)17-21-9-13-25(14-10-21)39-30(37)38-19-24-5-3-4-6-26(24)31/h3-6,9-10,13-14,20,22-23,27H,7-8,11-12,15-19,32H2,1-2H3,(H,33,36)(H,34,35)/t22?,23?,27-/m0/s1. The highest BCUT2D eigenvalue weighted by Gasteiger charge is 2.29. The van der Waals surface area contributed by atoms with Crippen molar-refractivity contribution < 1.29 is 23.9 Å². The van der Waals surface area contributed by atoms with Crippen molar-refractivity contribution in [2.45, 2.75) is 65.0 Å². The third kappa shape index (κ3) is 10.3. The van der Waals surface area contributed by atoms with E-state index < -0.39 is 12.2 Å². The van der Waals surface area contributed by atoms with Crippen LogP contribution in [0.15, 0.2) is 53.0 Å². The Hall–Kier alpha value is -2.91. The summed E-state index contributed by atoms with van der Waals surface area (Å²) in [7, 11) is 0. The molecule has 1 aliphatic rings. The van der Waals surface area contributed by atoms with Crippen molar-refractivity contribution in [2.75, 3.05) is 13.1 Å². The third-order valence-corrected chi connectivity index (χ3v) is 7.85. The van der Waals surface area contributed by atoms with Crippen LogP contribution in [-0.4, -0.2) is 37.1 Å². The zero-order valence-corrected chi connectivity index (χ0v) is 24.4. The Balaban J connectivity index is 1.57. The van der Waals surface area contributed by atoms with Crippen LogP contribution in [0.5, 0.6) is 5.75 Å². The molecular formula is C30H40BrN3O5. The minimum absolute atomic E-state index is 0.0813. The van der Waals surface area contributed by atoms with E-state index in [1.807, 2.05) is 24.3 Å². The van der Waals surface area contributed by atoms with E-state index in [4.69, 9.17) is 15.2 Å².